The zero-order valence-electron chi connectivity index (χ0n) is 21.6. The molecule has 7 nitrogen and oxygen atoms in total. The number of aliphatic carboxylic acids is 1. The number of amides is 2. The summed E-state index contributed by atoms with van der Waals surface area (Å²) in [5, 5.41) is 24.5. The molecule has 0 aromatic heterocycles. The van der Waals surface area contributed by atoms with Crippen molar-refractivity contribution in [2.24, 2.45) is 17.8 Å². The van der Waals surface area contributed by atoms with Crippen molar-refractivity contribution in [3.63, 3.8) is 0 Å². The molecule has 7 heteroatoms. The van der Waals surface area contributed by atoms with Gasteiger partial charge in [-0.25, -0.2) is 0 Å². The van der Waals surface area contributed by atoms with Crippen LogP contribution in [0.15, 0.2) is 24.3 Å². The van der Waals surface area contributed by atoms with E-state index in [1.54, 1.807) is 0 Å². The van der Waals surface area contributed by atoms with Gasteiger partial charge in [-0.3, -0.25) is 14.4 Å². The molecule has 2 saturated carbocycles. The van der Waals surface area contributed by atoms with Crippen LogP contribution >= 0.6 is 0 Å². The third-order valence-corrected chi connectivity index (χ3v) is 8.08. The van der Waals surface area contributed by atoms with E-state index in [0.29, 0.717) is 19.4 Å². The molecule has 2 aliphatic rings. The minimum absolute atomic E-state index is 0.0828. The monoisotopic (exact) mass is 500 g/mol. The molecule has 2 aliphatic carbocycles. The van der Waals surface area contributed by atoms with Crippen molar-refractivity contribution in [1.82, 2.24) is 10.6 Å². The number of aliphatic hydroxyl groups excluding tert-OH is 1. The second-order valence-corrected chi connectivity index (χ2v) is 10.7. The van der Waals surface area contributed by atoms with Crippen LogP contribution in [0.2, 0.25) is 0 Å². The second-order valence-electron chi connectivity index (χ2n) is 10.7. The maximum atomic E-state index is 13.1. The van der Waals surface area contributed by atoms with E-state index in [0.717, 1.165) is 49.1 Å². The highest BCUT2D eigenvalue weighted by atomic mass is 16.4. The molecule has 0 bridgehead atoms. The summed E-state index contributed by atoms with van der Waals surface area (Å²) >= 11 is 0. The van der Waals surface area contributed by atoms with Crippen LogP contribution in [0.4, 0.5) is 0 Å². The fourth-order valence-corrected chi connectivity index (χ4v) is 5.99. The molecule has 0 aliphatic heterocycles. The Balaban J connectivity index is 1.45. The average molecular weight is 501 g/mol. The van der Waals surface area contributed by atoms with Gasteiger partial charge < -0.3 is 20.8 Å². The Morgan fingerprint density at radius 1 is 0.944 bits per heavy atom. The van der Waals surface area contributed by atoms with E-state index < -0.39 is 18.6 Å². The van der Waals surface area contributed by atoms with Crippen LogP contribution in [0.1, 0.15) is 88.2 Å². The first-order valence-corrected chi connectivity index (χ1v) is 14.0. The van der Waals surface area contributed by atoms with Gasteiger partial charge in [0.05, 0.1) is 6.61 Å². The van der Waals surface area contributed by atoms with E-state index in [9.17, 15) is 19.5 Å². The van der Waals surface area contributed by atoms with E-state index in [4.69, 9.17) is 5.11 Å². The normalized spacial score (nSPS) is 21.1. The molecule has 3 unspecified atom stereocenters. The van der Waals surface area contributed by atoms with Gasteiger partial charge in [0, 0.05) is 18.9 Å². The predicted octanol–water partition coefficient (Wildman–Crippen LogP) is 4.01. The van der Waals surface area contributed by atoms with E-state index >= 15 is 0 Å². The highest BCUT2D eigenvalue weighted by Gasteiger charge is 2.35. The van der Waals surface area contributed by atoms with E-state index in [2.05, 4.69) is 10.6 Å². The first-order valence-electron chi connectivity index (χ1n) is 14.0. The molecule has 200 valence electrons. The summed E-state index contributed by atoms with van der Waals surface area (Å²) in [6, 6.07) is 6.91. The number of nitrogens with one attached hydrogen (secondary N) is 2. The van der Waals surface area contributed by atoms with Crippen LogP contribution in [0.3, 0.4) is 0 Å². The smallest absolute Gasteiger partial charge is 0.303 e. The van der Waals surface area contributed by atoms with Crippen molar-refractivity contribution < 1.29 is 24.6 Å². The lowest BCUT2D eigenvalue weighted by Crippen LogP contribution is -2.51. The summed E-state index contributed by atoms with van der Waals surface area (Å²) in [5.41, 5.74) is 2.11. The Labute approximate surface area is 215 Å². The van der Waals surface area contributed by atoms with Crippen LogP contribution in [0, 0.1) is 17.8 Å². The number of aryl methyl sites for hydroxylation is 1. The van der Waals surface area contributed by atoms with Gasteiger partial charge >= 0.3 is 5.97 Å². The van der Waals surface area contributed by atoms with Crippen molar-refractivity contribution in [3.05, 3.63) is 35.4 Å². The molecular weight excluding hydrogens is 456 g/mol. The molecule has 3 rings (SSSR count). The number of carbonyl (C=O) groups is 3. The molecule has 0 heterocycles. The standard InChI is InChI=1S/C29H44N2O5/c32-20-26(29(36)30-18-7-6-11-21-9-2-1-3-10-21)31-28(35)25-15-8-14-24(25)19-23-13-5-4-12-22(23)16-17-27(33)34/h4-5,12-13,21,24-26,32H,1-3,6-11,14-20H2,(H,30,36)(H,31,35)(H,33,34). The lowest BCUT2D eigenvalue weighted by atomic mass is 9.86. The van der Waals surface area contributed by atoms with Gasteiger partial charge in [-0.1, -0.05) is 75.6 Å². The number of hydrogen-bond donors (Lipinski definition) is 4. The summed E-state index contributed by atoms with van der Waals surface area (Å²) in [6.45, 7) is 0.145. The average Bonchev–Trinajstić information content (AvgIpc) is 3.35. The fraction of sp³-hybridized carbons (Fsp3) is 0.690. The molecule has 0 spiro atoms. The minimum Gasteiger partial charge on any atom is -0.481 e. The predicted molar refractivity (Wildman–Crippen MR) is 139 cm³/mol. The number of carboxylic acids is 1. The number of benzene rings is 1. The van der Waals surface area contributed by atoms with Gasteiger partial charge in [0.2, 0.25) is 11.8 Å². The van der Waals surface area contributed by atoms with Gasteiger partial charge in [0.15, 0.2) is 0 Å². The number of carbonyl (C=O) groups excluding carboxylic acids is 2. The Morgan fingerprint density at radius 3 is 2.42 bits per heavy atom. The third-order valence-electron chi connectivity index (χ3n) is 8.08. The molecule has 0 saturated heterocycles. The number of carboxylic acid groups (broad SMARTS) is 1. The summed E-state index contributed by atoms with van der Waals surface area (Å²) in [7, 11) is 0. The van der Waals surface area contributed by atoms with Crippen molar-refractivity contribution >= 4 is 17.8 Å². The zero-order chi connectivity index (χ0) is 25.8. The molecule has 2 amide bonds. The van der Waals surface area contributed by atoms with Gasteiger partial charge in [0.1, 0.15) is 6.04 Å². The quantitative estimate of drug-likeness (QED) is 0.288. The molecular formula is C29H44N2O5. The molecule has 3 atom stereocenters. The first-order chi connectivity index (χ1) is 17.5. The number of rotatable bonds is 14. The largest absolute Gasteiger partial charge is 0.481 e. The van der Waals surface area contributed by atoms with E-state index in [1.807, 2.05) is 24.3 Å². The Morgan fingerprint density at radius 2 is 1.69 bits per heavy atom. The van der Waals surface area contributed by atoms with Crippen molar-refractivity contribution in [2.75, 3.05) is 13.2 Å². The summed E-state index contributed by atoms with van der Waals surface area (Å²) < 4.78 is 0. The molecule has 36 heavy (non-hydrogen) atoms. The van der Waals surface area contributed by atoms with Crippen LogP contribution in [-0.2, 0) is 27.2 Å². The lowest BCUT2D eigenvalue weighted by Gasteiger charge is -2.23. The highest BCUT2D eigenvalue weighted by molar-refractivity contribution is 5.88. The third kappa shape index (κ3) is 8.91. The molecule has 0 radical (unpaired) electrons. The van der Waals surface area contributed by atoms with Gasteiger partial charge in [0.25, 0.3) is 0 Å². The topological polar surface area (TPSA) is 116 Å². The highest BCUT2D eigenvalue weighted by Crippen LogP contribution is 2.35. The van der Waals surface area contributed by atoms with Crippen LogP contribution in [0.5, 0.6) is 0 Å². The van der Waals surface area contributed by atoms with Crippen LogP contribution in [0.25, 0.3) is 0 Å². The number of aliphatic hydroxyl groups is 1. The van der Waals surface area contributed by atoms with Crippen molar-refractivity contribution in [3.8, 4) is 0 Å². The minimum atomic E-state index is -0.931. The summed E-state index contributed by atoms with van der Waals surface area (Å²) in [5.74, 6) is -0.556. The first kappa shape index (κ1) is 28.2. The Hall–Kier alpha value is -2.41. The zero-order valence-corrected chi connectivity index (χ0v) is 21.6. The molecule has 1 aromatic carbocycles. The van der Waals surface area contributed by atoms with E-state index in [1.165, 1.54) is 38.5 Å². The SMILES string of the molecule is O=C(O)CCc1ccccc1CC1CCCC1C(=O)NC(CO)C(=O)NCCCCC1CCCCC1. The van der Waals surface area contributed by atoms with Crippen LogP contribution in [-0.4, -0.2) is 47.2 Å². The van der Waals surface area contributed by atoms with Gasteiger partial charge in [-0.15, -0.1) is 0 Å². The van der Waals surface area contributed by atoms with Gasteiger partial charge in [-0.05, 0) is 55.1 Å². The van der Waals surface area contributed by atoms with Crippen LogP contribution < -0.4 is 10.6 Å². The fourth-order valence-electron chi connectivity index (χ4n) is 5.99. The maximum absolute atomic E-state index is 13.1. The number of hydrogen-bond acceptors (Lipinski definition) is 4. The van der Waals surface area contributed by atoms with E-state index in [-0.39, 0.29) is 30.1 Å². The van der Waals surface area contributed by atoms with Gasteiger partial charge in [-0.2, -0.15) is 0 Å². The molecule has 1 aromatic rings. The lowest BCUT2D eigenvalue weighted by molar-refractivity contribution is -0.137. The summed E-state index contributed by atoms with van der Waals surface area (Å²) in [6.07, 6.45) is 13.8. The second kappa shape index (κ2) is 15.0. The summed E-state index contributed by atoms with van der Waals surface area (Å²) in [4.78, 5) is 36.7. The Bertz CT molecular complexity index is 852. The maximum Gasteiger partial charge on any atom is 0.303 e. The Kier molecular flexibility index (Phi) is 11.7. The van der Waals surface area contributed by atoms with Crippen molar-refractivity contribution in [2.45, 2.75) is 95.9 Å². The van der Waals surface area contributed by atoms with Crippen molar-refractivity contribution in [1.29, 1.82) is 0 Å². The molecule has 4 N–H and O–H groups in total. The molecule has 2 fully saturated rings. The number of unbranched alkanes of at least 4 members (excludes halogenated alkanes) is 1.